The molecule has 0 radical (unpaired) electrons. The first-order chi connectivity index (χ1) is 14.7. The number of nitrogens with two attached hydrogens (primary N) is 1. The van der Waals surface area contributed by atoms with Gasteiger partial charge in [0.25, 0.3) is 0 Å². The second-order valence-electron chi connectivity index (χ2n) is 7.91. The zero-order chi connectivity index (χ0) is 20.1. The number of piperidine rings is 1. The van der Waals surface area contributed by atoms with Crippen LogP contribution in [0.5, 0.6) is 0 Å². The Kier molecular flexibility index (Phi) is 3.69. The number of benzene rings is 1. The van der Waals surface area contributed by atoms with Gasteiger partial charge in [-0.1, -0.05) is 6.07 Å². The summed E-state index contributed by atoms with van der Waals surface area (Å²) >= 11 is 0. The van der Waals surface area contributed by atoms with Crippen molar-refractivity contribution in [2.45, 2.75) is 18.4 Å². The summed E-state index contributed by atoms with van der Waals surface area (Å²) in [4.78, 5) is 22.5. The summed E-state index contributed by atoms with van der Waals surface area (Å²) < 4.78 is 5.20. The normalized spacial score (nSPS) is 16.5. The molecule has 8 heteroatoms. The molecule has 6 rings (SSSR count). The molecule has 0 bridgehead atoms. The number of furan rings is 1. The third kappa shape index (κ3) is 2.68. The Morgan fingerprint density at radius 3 is 2.80 bits per heavy atom. The standard InChI is InChI=1S/C22H21N7O/c23-22(5-8-29(9-6-22)20-16-3-7-24-19(16)25-13-26-20)21-27-17-2-1-14(11-18(17)28-21)15-4-10-30-12-15/h1-4,7,10-13H,5-6,8-9,23H2,(H,27,28)(H,24,25,26). The highest BCUT2D eigenvalue weighted by molar-refractivity contribution is 5.87. The highest BCUT2D eigenvalue weighted by atomic mass is 16.3. The van der Waals surface area contributed by atoms with Crippen molar-refractivity contribution in [1.29, 1.82) is 0 Å². The number of hydrogen-bond acceptors (Lipinski definition) is 6. The van der Waals surface area contributed by atoms with E-state index in [2.05, 4.69) is 43.0 Å². The van der Waals surface area contributed by atoms with Crippen LogP contribution >= 0.6 is 0 Å². The fourth-order valence-electron chi connectivity index (χ4n) is 4.31. The first-order valence-electron chi connectivity index (χ1n) is 10.0. The van der Waals surface area contributed by atoms with Gasteiger partial charge >= 0.3 is 0 Å². The zero-order valence-corrected chi connectivity index (χ0v) is 16.3. The average molecular weight is 399 g/mol. The van der Waals surface area contributed by atoms with Crippen molar-refractivity contribution in [1.82, 2.24) is 24.9 Å². The molecule has 1 aliphatic rings. The van der Waals surface area contributed by atoms with Gasteiger partial charge in [0.05, 0.1) is 34.5 Å². The lowest BCUT2D eigenvalue weighted by Gasteiger charge is -2.38. The average Bonchev–Trinajstić information content (AvgIpc) is 3.53. The molecule has 0 aliphatic carbocycles. The number of aromatic amines is 2. The van der Waals surface area contributed by atoms with Crippen molar-refractivity contribution in [3.05, 3.63) is 61.2 Å². The molecule has 1 fully saturated rings. The Hall–Kier alpha value is -3.65. The lowest BCUT2D eigenvalue weighted by Crippen LogP contribution is -2.49. The lowest BCUT2D eigenvalue weighted by molar-refractivity contribution is 0.327. The van der Waals surface area contributed by atoms with Gasteiger partial charge in [0.1, 0.15) is 23.6 Å². The van der Waals surface area contributed by atoms with Crippen LogP contribution in [-0.4, -0.2) is 38.0 Å². The van der Waals surface area contributed by atoms with Crippen LogP contribution in [0.2, 0.25) is 0 Å². The van der Waals surface area contributed by atoms with Crippen LogP contribution in [0.3, 0.4) is 0 Å². The van der Waals surface area contributed by atoms with Crippen LogP contribution in [0.15, 0.2) is 59.8 Å². The molecule has 8 nitrogen and oxygen atoms in total. The van der Waals surface area contributed by atoms with E-state index in [0.717, 1.165) is 70.8 Å². The van der Waals surface area contributed by atoms with Gasteiger partial charge in [-0.2, -0.15) is 0 Å². The SMILES string of the molecule is NC1(c2nc3cc(-c4ccoc4)ccc3[nH]2)CCN(c2ncnc3[nH]ccc23)CC1. The van der Waals surface area contributed by atoms with Crippen molar-refractivity contribution in [3.8, 4) is 11.1 Å². The van der Waals surface area contributed by atoms with Gasteiger partial charge in [0.15, 0.2) is 0 Å². The van der Waals surface area contributed by atoms with Gasteiger partial charge in [-0.25, -0.2) is 15.0 Å². The summed E-state index contributed by atoms with van der Waals surface area (Å²) in [6, 6.07) is 10.2. The number of hydrogen-bond donors (Lipinski definition) is 3. The molecule has 1 aliphatic heterocycles. The Morgan fingerprint density at radius 2 is 1.97 bits per heavy atom. The predicted octanol–water partition coefficient (Wildman–Crippen LogP) is 3.55. The number of nitrogens with one attached hydrogen (secondary N) is 2. The Labute approximate surface area is 172 Å². The lowest BCUT2D eigenvalue weighted by atomic mass is 9.88. The fraction of sp³-hybridized carbons (Fsp3) is 0.227. The first-order valence-corrected chi connectivity index (χ1v) is 10.0. The van der Waals surface area contributed by atoms with Gasteiger partial charge in [0, 0.05) is 24.8 Å². The molecular formula is C22H21N7O. The summed E-state index contributed by atoms with van der Waals surface area (Å²) in [7, 11) is 0. The third-order valence-electron chi connectivity index (χ3n) is 6.10. The summed E-state index contributed by atoms with van der Waals surface area (Å²) in [5, 5.41) is 1.04. The van der Waals surface area contributed by atoms with Crippen LogP contribution in [0, 0.1) is 0 Å². The Balaban J connectivity index is 1.27. The second-order valence-corrected chi connectivity index (χ2v) is 7.91. The van der Waals surface area contributed by atoms with Crippen LogP contribution in [-0.2, 0) is 5.54 Å². The van der Waals surface area contributed by atoms with E-state index in [-0.39, 0.29) is 0 Å². The Bertz CT molecular complexity index is 1330. The minimum atomic E-state index is -0.490. The summed E-state index contributed by atoms with van der Waals surface area (Å²) in [6.45, 7) is 1.62. The number of rotatable bonds is 3. The molecule has 0 spiro atoms. The van der Waals surface area contributed by atoms with E-state index in [9.17, 15) is 0 Å². The van der Waals surface area contributed by atoms with Crippen LogP contribution in [0.4, 0.5) is 5.82 Å². The molecular weight excluding hydrogens is 378 g/mol. The molecule has 0 amide bonds. The van der Waals surface area contributed by atoms with Crippen LogP contribution in [0.1, 0.15) is 18.7 Å². The number of nitrogens with zero attached hydrogens (tertiary/aromatic N) is 4. The van der Waals surface area contributed by atoms with E-state index in [4.69, 9.17) is 15.1 Å². The maximum absolute atomic E-state index is 6.84. The number of H-pyrrole nitrogens is 2. The highest BCUT2D eigenvalue weighted by Crippen LogP contribution is 2.34. The highest BCUT2D eigenvalue weighted by Gasteiger charge is 2.36. The zero-order valence-electron chi connectivity index (χ0n) is 16.3. The minimum absolute atomic E-state index is 0.490. The topological polar surface area (TPSA) is 113 Å². The van der Waals surface area contributed by atoms with E-state index < -0.39 is 5.54 Å². The first kappa shape index (κ1) is 17.2. The van der Waals surface area contributed by atoms with Gasteiger partial charge < -0.3 is 25.0 Å². The molecule has 0 atom stereocenters. The van der Waals surface area contributed by atoms with Crippen LogP contribution in [0.25, 0.3) is 33.2 Å². The molecule has 0 unspecified atom stereocenters. The maximum atomic E-state index is 6.84. The molecule has 1 saturated heterocycles. The van der Waals surface area contributed by atoms with Gasteiger partial charge in [0.2, 0.25) is 0 Å². The molecule has 1 aromatic carbocycles. The summed E-state index contributed by atoms with van der Waals surface area (Å²) in [6.07, 6.45) is 8.50. The van der Waals surface area contributed by atoms with E-state index >= 15 is 0 Å². The number of imidazole rings is 1. The van der Waals surface area contributed by atoms with E-state index in [0.29, 0.717) is 0 Å². The molecule has 0 saturated carbocycles. The van der Waals surface area contributed by atoms with Gasteiger partial charge in [-0.05, 0) is 42.7 Å². The van der Waals surface area contributed by atoms with E-state index in [1.165, 1.54) is 0 Å². The smallest absolute Gasteiger partial charge is 0.142 e. The van der Waals surface area contributed by atoms with Crippen molar-refractivity contribution in [2.24, 2.45) is 5.73 Å². The molecule has 5 aromatic rings. The van der Waals surface area contributed by atoms with Gasteiger partial charge in [-0.15, -0.1) is 0 Å². The summed E-state index contributed by atoms with van der Waals surface area (Å²) in [5.74, 6) is 1.80. The van der Waals surface area contributed by atoms with Crippen molar-refractivity contribution in [3.63, 3.8) is 0 Å². The number of anilines is 1. The Morgan fingerprint density at radius 1 is 1.07 bits per heavy atom. The predicted molar refractivity (Wildman–Crippen MR) is 115 cm³/mol. The molecule has 4 aromatic heterocycles. The monoisotopic (exact) mass is 399 g/mol. The van der Waals surface area contributed by atoms with Crippen molar-refractivity contribution < 1.29 is 4.42 Å². The van der Waals surface area contributed by atoms with Crippen LogP contribution < -0.4 is 10.6 Å². The van der Waals surface area contributed by atoms with Crippen molar-refractivity contribution >= 4 is 27.9 Å². The minimum Gasteiger partial charge on any atom is -0.472 e. The van der Waals surface area contributed by atoms with E-state index in [1.807, 2.05) is 18.3 Å². The largest absolute Gasteiger partial charge is 0.472 e. The second kappa shape index (κ2) is 6.43. The molecule has 150 valence electrons. The summed E-state index contributed by atoms with van der Waals surface area (Å²) in [5.41, 5.74) is 11.2. The maximum Gasteiger partial charge on any atom is 0.142 e. The fourth-order valence-corrected chi connectivity index (χ4v) is 4.31. The molecule has 30 heavy (non-hydrogen) atoms. The number of aromatic nitrogens is 5. The molecule has 4 N–H and O–H groups in total. The third-order valence-corrected chi connectivity index (χ3v) is 6.10. The van der Waals surface area contributed by atoms with Gasteiger partial charge in [-0.3, -0.25) is 0 Å². The van der Waals surface area contributed by atoms with E-state index in [1.54, 1.807) is 18.9 Å². The van der Waals surface area contributed by atoms with Crippen molar-refractivity contribution in [2.75, 3.05) is 18.0 Å². The molecule has 5 heterocycles. The quantitative estimate of drug-likeness (QED) is 0.428. The number of fused-ring (bicyclic) bond motifs is 2.